The Morgan fingerprint density at radius 2 is 2.03 bits per heavy atom. The normalized spacial score (nSPS) is 22.9. The zero-order valence-corrected chi connectivity index (χ0v) is 20.1. The predicted molar refractivity (Wildman–Crippen MR) is 130 cm³/mol. The van der Waals surface area contributed by atoms with Crippen molar-refractivity contribution >= 4 is 5.78 Å². The number of carbonyl (C=O) groups is 1. The molecular formula is C28H25F2N5O. The second-order valence-corrected chi connectivity index (χ2v) is 9.59. The molecule has 0 saturated heterocycles. The van der Waals surface area contributed by atoms with Gasteiger partial charge in [0.25, 0.3) is 0 Å². The molecule has 6 nitrogen and oxygen atoms in total. The van der Waals surface area contributed by atoms with E-state index in [0.717, 1.165) is 12.0 Å². The van der Waals surface area contributed by atoms with Crippen molar-refractivity contribution in [2.24, 2.45) is 11.8 Å². The van der Waals surface area contributed by atoms with Crippen molar-refractivity contribution in [3.63, 3.8) is 0 Å². The van der Waals surface area contributed by atoms with Gasteiger partial charge in [0.15, 0.2) is 11.6 Å². The SMILES string of the molecule is CCC[C@H]1C(=O)C(C#N)=C[C@@]2(C)c3nc(-c4cc(CF)ncn4)nc(-c4ccccc4F)c3CC[C@H]12. The van der Waals surface area contributed by atoms with Crippen LogP contribution in [0.4, 0.5) is 8.78 Å². The number of ketones is 1. The second kappa shape index (κ2) is 9.30. The summed E-state index contributed by atoms with van der Waals surface area (Å²) in [5.74, 6) is -0.656. The summed E-state index contributed by atoms with van der Waals surface area (Å²) in [6.45, 7) is 3.26. The number of aromatic nitrogens is 4. The van der Waals surface area contributed by atoms with Crippen LogP contribution < -0.4 is 0 Å². The highest BCUT2D eigenvalue weighted by atomic mass is 19.1. The number of carbonyl (C=O) groups excluding carboxylic acids is 1. The highest BCUT2D eigenvalue weighted by Gasteiger charge is 2.51. The van der Waals surface area contributed by atoms with Crippen LogP contribution in [0.15, 0.2) is 48.3 Å². The van der Waals surface area contributed by atoms with Crippen LogP contribution in [0.25, 0.3) is 22.8 Å². The molecule has 1 aromatic carbocycles. The van der Waals surface area contributed by atoms with Gasteiger partial charge in [-0.1, -0.05) is 38.5 Å². The van der Waals surface area contributed by atoms with Gasteiger partial charge in [0.2, 0.25) is 0 Å². The first-order valence-electron chi connectivity index (χ1n) is 12.1. The number of fused-ring (bicyclic) bond motifs is 3. The van der Waals surface area contributed by atoms with Crippen LogP contribution in [0.1, 0.15) is 50.1 Å². The van der Waals surface area contributed by atoms with Crippen molar-refractivity contribution in [3.8, 4) is 28.8 Å². The highest BCUT2D eigenvalue weighted by Crippen LogP contribution is 2.52. The number of alkyl halides is 1. The largest absolute Gasteiger partial charge is 0.293 e. The average Bonchev–Trinajstić information content (AvgIpc) is 2.90. The lowest BCUT2D eigenvalue weighted by molar-refractivity contribution is -0.122. The van der Waals surface area contributed by atoms with Gasteiger partial charge in [0, 0.05) is 22.5 Å². The van der Waals surface area contributed by atoms with Gasteiger partial charge in [0.1, 0.15) is 30.6 Å². The number of rotatable bonds is 5. The molecule has 0 radical (unpaired) electrons. The lowest BCUT2D eigenvalue weighted by Gasteiger charge is -2.46. The lowest BCUT2D eigenvalue weighted by atomic mass is 9.56. The summed E-state index contributed by atoms with van der Waals surface area (Å²) < 4.78 is 28.4. The Bertz CT molecular complexity index is 1430. The summed E-state index contributed by atoms with van der Waals surface area (Å²) in [6.07, 6.45) is 5.75. The van der Waals surface area contributed by atoms with Crippen molar-refractivity contribution in [1.82, 2.24) is 19.9 Å². The number of nitrogens with zero attached hydrogens (tertiary/aromatic N) is 5. The first kappa shape index (κ1) is 23.9. The molecule has 3 atom stereocenters. The Hall–Kier alpha value is -3.86. The summed E-state index contributed by atoms with van der Waals surface area (Å²) in [6, 6.07) is 9.99. The van der Waals surface area contributed by atoms with E-state index in [1.54, 1.807) is 24.3 Å². The number of allylic oxidation sites excluding steroid dienone is 2. The molecule has 36 heavy (non-hydrogen) atoms. The second-order valence-electron chi connectivity index (χ2n) is 9.59. The number of halogens is 2. The van der Waals surface area contributed by atoms with Crippen LogP contribution >= 0.6 is 0 Å². The Morgan fingerprint density at radius 3 is 2.75 bits per heavy atom. The van der Waals surface area contributed by atoms with Crippen molar-refractivity contribution in [3.05, 3.63) is 71.1 Å². The standard InChI is InChI=1S/C28H25F2N5O/c1-3-6-18-21-10-9-20-24(19-7-4-5-8-22(19)30)34-27(23-11-17(13-29)32-15-33-23)35-26(20)28(21,2)12-16(14-31)25(18)36/h4-5,7-8,11-12,15,18,21H,3,6,9-10,13H2,1-2H3/t18-,21-,28-/m1/s1. The summed E-state index contributed by atoms with van der Waals surface area (Å²) in [7, 11) is 0. The molecule has 2 aromatic heterocycles. The van der Waals surface area contributed by atoms with E-state index in [4.69, 9.17) is 9.97 Å². The number of benzene rings is 1. The average molecular weight is 486 g/mol. The third kappa shape index (κ3) is 3.79. The van der Waals surface area contributed by atoms with Crippen LogP contribution in [-0.2, 0) is 23.3 Å². The predicted octanol–water partition coefficient (Wildman–Crippen LogP) is 5.48. The third-order valence-corrected chi connectivity index (χ3v) is 7.46. The van der Waals surface area contributed by atoms with Gasteiger partial charge in [-0.05, 0) is 43.4 Å². The minimum atomic E-state index is -0.768. The van der Waals surface area contributed by atoms with E-state index in [1.165, 1.54) is 18.5 Å². The van der Waals surface area contributed by atoms with Crippen LogP contribution in [0.5, 0.6) is 0 Å². The monoisotopic (exact) mass is 485 g/mol. The topological polar surface area (TPSA) is 92.4 Å². The van der Waals surface area contributed by atoms with Gasteiger partial charge >= 0.3 is 0 Å². The fourth-order valence-corrected chi connectivity index (χ4v) is 5.80. The zero-order chi connectivity index (χ0) is 25.4. The molecule has 0 bridgehead atoms. The quantitative estimate of drug-likeness (QED) is 0.475. The maximum atomic E-state index is 15.0. The molecule has 0 unspecified atom stereocenters. The molecule has 182 valence electrons. The maximum absolute atomic E-state index is 15.0. The van der Waals surface area contributed by atoms with E-state index in [-0.39, 0.29) is 34.7 Å². The van der Waals surface area contributed by atoms with Gasteiger partial charge in [-0.25, -0.2) is 28.7 Å². The Labute approximate surface area is 208 Å². The van der Waals surface area contributed by atoms with Crippen LogP contribution in [0, 0.1) is 29.0 Å². The van der Waals surface area contributed by atoms with Gasteiger partial charge in [-0.2, -0.15) is 5.26 Å². The van der Waals surface area contributed by atoms with Crippen molar-refractivity contribution < 1.29 is 13.6 Å². The number of Topliss-reactive ketones (excluding diaryl/α,β-unsaturated/α-hetero) is 1. The summed E-state index contributed by atoms with van der Waals surface area (Å²) >= 11 is 0. The molecule has 2 aliphatic rings. The van der Waals surface area contributed by atoms with Crippen LogP contribution in [0.2, 0.25) is 0 Å². The molecule has 8 heteroatoms. The Balaban J connectivity index is 1.81. The van der Waals surface area contributed by atoms with E-state index in [9.17, 15) is 14.4 Å². The molecule has 2 heterocycles. The van der Waals surface area contributed by atoms with E-state index in [0.29, 0.717) is 41.9 Å². The molecular weight excluding hydrogens is 460 g/mol. The first-order valence-corrected chi connectivity index (χ1v) is 12.1. The van der Waals surface area contributed by atoms with Gasteiger partial charge in [0.05, 0.1) is 22.7 Å². The fraction of sp³-hybridized carbons (Fsp3) is 0.357. The molecule has 0 saturated carbocycles. The van der Waals surface area contributed by atoms with Crippen molar-refractivity contribution in [2.45, 2.75) is 51.6 Å². The Kier molecular flexibility index (Phi) is 6.17. The molecule has 0 fully saturated rings. The lowest BCUT2D eigenvalue weighted by Crippen LogP contribution is -2.47. The summed E-state index contributed by atoms with van der Waals surface area (Å²) in [4.78, 5) is 30.9. The first-order chi connectivity index (χ1) is 17.4. The summed E-state index contributed by atoms with van der Waals surface area (Å²) in [5.41, 5.74) is 2.14. The van der Waals surface area contributed by atoms with E-state index < -0.39 is 17.9 Å². The van der Waals surface area contributed by atoms with E-state index >= 15 is 4.39 Å². The summed E-state index contributed by atoms with van der Waals surface area (Å²) in [5, 5.41) is 9.79. The Morgan fingerprint density at radius 1 is 1.22 bits per heavy atom. The molecule has 0 spiro atoms. The number of hydrogen-bond acceptors (Lipinski definition) is 6. The van der Waals surface area contributed by atoms with Gasteiger partial charge < -0.3 is 0 Å². The van der Waals surface area contributed by atoms with Gasteiger partial charge in [-0.3, -0.25) is 4.79 Å². The smallest absolute Gasteiger partial charge is 0.179 e. The minimum absolute atomic E-state index is 0.0578. The third-order valence-electron chi connectivity index (χ3n) is 7.46. The fourth-order valence-electron chi connectivity index (χ4n) is 5.80. The molecule has 0 aliphatic heterocycles. The molecule has 3 aromatic rings. The highest BCUT2D eigenvalue weighted by molar-refractivity contribution is 6.02. The van der Waals surface area contributed by atoms with E-state index in [1.807, 2.05) is 13.8 Å². The van der Waals surface area contributed by atoms with Crippen molar-refractivity contribution in [1.29, 1.82) is 5.26 Å². The number of nitriles is 1. The van der Waals surface area contributed by atoms with E-state index in [2.05, 4.69) is 16.0 Å². The molecule has 0 amide bonds. The molecule has 0 N–H and O–H groups in total. The van der Waals surface area contributed by atoms with Gasteiger partial charge in [-0.15, -0.1) is 0 Å². The minimum Gasteiger partial charge on any atom is -0.293 e. The molecule has 2 aliphatic carbocycles. The van der Waals surface area contributed by atoms with Crippen molar-refractivity contribution in [2.75, 3.05) is 0 Å². The van der Waals surface area contributed by atoms with Crippen LogP contribution in [-0.4, -0.2) is 25.7 Å². The zero-order valence-electron chi connectivity index (χ0n) is 20.1. The number of hydrogen-bond donors (Lipinski definition) is 0. The van der Waals surface area contributed by atoms with Crippen LogP contribution in [0.3, 0.4) is 0 Å². The maximum Gasteiger partial charge on any atom is 0.179 e. The molecule has 5 rings (SSSR count).